The zero-order valence-corrected chi connectivity index (χ0v) is 14.6. The summed E-state index contributed by atoms with van der Waals surface area (Å²) in [5, 5.41) is 0. The van der Waals surface area contributed by atoms with Gasteiger partial charge in [0, 0.05) is 38.8 Å². The molecule has 0 spiro atoms. The molecule has 2 N–H and O–H groups in total. The molecule has 22 heavy (non-hydrogen) atoms. The topological polar surface area (TPSA) is 83.7 Å². The molecule has 1 aliphatic rings. The molecule has 6 nitrogen and oxygen atoms in total. The third-order valence-electron chi connectivity index (χ3n) is 3.77. The molecule has 0 saturated heterocycles. The largest absolute Gasteiger partial charge is 0.330 e. The van der Waals surface area contributed by atoms with Crippen molar-refractivity contribution < 1.29 is 13.2 Å². The van der Waals surface area contributed by atoms with Gasteiger partial charge in [-0.1, -0.05) is 13.0 Å². The van der Waals surface area contributed by atoms with Crippen molar-refractivity contribution in [3.8, 4) is 0 Å². The summed E-state index contributed by atoms with van der Waals surface area (Å²) < 4.78 is 25.6. The van der Waals surface area contributed by atoms with E-state index in [0.29, 0.717) is 12.2 Å². The fraction of sp³-hybridized carbons (Fsp3) is 0.500. The summed E-state index contributed by atoms with van der Waals surface area (Å²) >= 11 is 0. The van der Waals surface area contributed by atoms with Crippen LogP contribution in [0.5, 0.6) is 0 Å². The predicted molar refractivity (Wildman–Crippen MR) is 88.8 cm³/mol. The highest BCUT2D eigenvalue weighted by molar-refractivity contribution is 7.89. The molecule has 0 aromatic heterocycles. The third-order valence-corrected chi connectivity index (χ3v) is 5.58. The third kappa shape index (κ3) is 3.27. The zero-order chi connectivity index (χ0) is 15.8. The molecule has 2 rings (SSSR count). The average molecular weight is 348 g/mol. The number of hydrogen-bond donors (Lipinski definition) is 1. The molecular weight excluding hydrogens is 326 g/mol. The molecule has 1 atom stereocenters. The Kier molecular flexibility index (Phi) is 5.97. The van der Waals surface area contributed by atoms with Gasteiger partial charge in [-0.3, -0.25) is 4.79 Å². The number of benzene rings is 1. The van der Waals surface area contributed by atoms with Crippen molar-refractivity contribution in [2.75, 3.05) is 32.1 Å². The van der Waals surface area contributed by atoms with E-state index < -0.39 is 10.0 Å². The lowest BCUT2D eigenvalue weighted by Gasteiger charge is -2.21. The summed E-state index contributed by atoms with van der Waals surface area (Å²) in [6.45, 7) is 2.63. The first kappa shape index (κ1) is 18.9. The van der Waals surface area contributed by atoms with Gasteiger partial charge in [-0.2, -0.15) is 0 Å². The van der Waals surface area contributed by atoms with Crippen LogP contribution >= 0.6 is 12.4 Å². The number of rotatable bonds is 4. The number of nitrogens with zero attached hydrogens (tertiary/aromatic N) is 2. The van der Waals surface area contributed by atoms with Crippen molar-refractivity contribution in [1.82, 2.24) is 4.31 Å². The molecule has 0 fully saturated rings. The monoisotopic (exact) mass is 347 g/mol. The Morgan fingerprint density at radius 2 is 2.05 bits per heavy atom. The fourth-order valence-corrected chi connectivity index (χ4v) is 3.25. The van der Waals surface area contributed by atoms with E-state index in [2.05, 4.69) is 0 Å². The first-order valence-corrected chi connectivity index (χ1v) is 8.30. The Bertz CT molecular complexity index is 661. The Balaban J connectivity index is 0.00000242. The lowest BCUT2D eigenvalue weighted by atomic mass is 10.1. The molecule has 1 aliphatic heterocycles. The maximum atomic E-state index is 12.3. The molecule has 1 amide bonds. The zero-order valence-electron chi connectivity index (χ0n) is 12.9. The minimum absolute atomic E-state index is 0. The molecule has 0 radical (unpaired) electrons. The second kappa shape index (κ2) is 6.95. The molecule has 1 aromatic carbocycles. The summed E-state index contributed by atoms with van der Waals surface area (Å²) in [6.07, 6.45) is 0.737. The second-order valence-corrected chi connectivity index (χ2v) is 7.61. The number of amides is 1. The van der Waals surface area contributed by atoms with Crippen molar-refractivity contribution >= 4 is 34.0 Å². The lowest BCUT2D eigenvalue weighted by molar-refractivity contribution is -0.121. The van der Waals surface area contributed by atoms with Gasteiger partial charge in [-0.05, 0) is 24.1 Å². The Hall–Kier alpha value is -1.15. The van der Waals surface area contributed by atoms with Crippen LogP contribution in [0.3, 0.4) is 0 Å². The van der Waals surface area contributed by atoms with E-state index >= 15 is 0 Å². The van der Waals surface area contributed by atoms with E-state index in [-0.39, 0.29) is 35.7 Å². The minimum atomic E-state index is -3.50. The molecule has 8 heteroatoms. The van der Waals surface area contributed by atoms with Crippen LogP contribution in [0.2, 0.25) is 0 Å². The van der Waals surface area contributed by atoms with E-state index in [9.17, 15) is 13.2 Å². The normalized spacial score (nSPS) is 15.4. The van der Waals surface area contributed by atoms with E-state index in [0.717, 1.165) is 12.0 Å². The van der Waals surface area contributed by atoms with Crippen LogP contribution < -0.4 is 10.6 Å². The highest BCUT2D eigenvalue weighted by Crippen LogP contribution is 2.32. The Labute approximate surface area is 137 Å². The van der Waals surface area contributed by atoms with E-state index in [1.807, 2.05) is 0 Å². The number of halogens is 1. The molecule has 0 saturated carbocycles. The van der Waals surface area contributed by atoms with Crippen LogP contribution in [0.4, 0.5) is 5.69 Å². The van der Waals surface area contributed by atoms with Crippen LogP contribution in [-0.4, -0.2) is 45.8 Å². The maximum absolute atomic E-state index is 12.3. The van der Waals surface area contributed by atoms with Gasteiger partial charge in [0.1, 0.15) is 0 Å². The van der Waals surface area contributed by atoms with Gasteiger partial charge in [0.05, 0.1) is 4.90 Å². The SMILES string of the molecule is CC(CN)C(=O)N1CCc2ccc(S(=O)(=O)N(C)C)cc21.Cl. The van der Waals surface area contributed by atoms with Gasteiger partial charge in [-0.25, -0.2) is 12.7 Å². The van der Waals surface area contributed by atoms with Crippen molar-refractivity contribution in [2.24, 2.45) is 11.7 Å². The van der Waals surface area contributed by atoms with E-state index in [1.165, 1.54) is 18.4 Å². The van der Waals surface area contributed by atoms with E-state index in [4.69, 9.17) is 5.73 Å². The van der Waals surface area contributed by atoms with Crippen molar-refractivity contribution in [3.05, 3.63) is 23.8 Å². The highest BCUT2D eigenvalue weighted by atomic mass is 35.5. The van der Waals surface area contributed by atoms with Crippen molar-refractivity contribution in [1.29, 1.82) is 0 Å². The molecule has 1 heterocycles. The molecule has 0 aliphatic carbocycles. The van der Waals surface area contributed by atoms with Crippen molar-refractivity contribution in [3.63, 3.8) is 0 Å². The Morgan fingerprint density at radius 3 is 2.59 bits per heavy atom. The number of anilines is 1. The van der Waals surface area contributed by atoms with E-state index in [1.54, 1.807) is 30.0 Å². The summed E-state index contributed by atoms with van der Waals surface area (Å²) in [7, 11) is -0.527. The van der Waals surface area contributed by atoms with Crippen LogP contribution in [0.25, 0.3) is 0 Å². The molecule has 1 unspecified atom stereocenters. The predicted octanol–water partition coefficient (Wildman–Crippen LogP) is 0.843. The molecule has 1 aromatic rings. The maximum Gasteiger partial charge on any atom is 0.242 e. The number of fused-ring (bicyclic) bond motifs is 1. The fourth-order valence-electron chi connectivity index (χ4n) is 2.33. The first-order chi connectivity index (χ1) is 9.78. The van der Waals surface area contributed by atoms with Gasteiger partial charge in [0.2, 0.25) is 15.9 Å². The van der Waals surface area contributed by atoms with Gasteiger partial charge >= 0.3 is 0 Å². The van der Waals surface area contributed by atoms with Gasteiger partial charge in [0.25, 0.3) is 0 Å². The van der Waals surface area contributed by atoms with Gasteiger partial charge < -0.3 is 10.6 Å². The summed E-state index contributed by atoms with van der Waals surface area (Å²) in [5.41, 5.74) is 7.22. The van der Waals surface area contributed by atoms with Gasteiger partial charge in [0.15, 0.2) is 0 Å². The minimum Gasteiger partial charge on any atom is -0.330 e. The number of sulfonamides is 1. The number of carbonyl (C=O) groups excluding carboxylic acids is 1. The number of nitrogens with two attached hydrogens (primary N) is 1. The first-order valence-electron chi connectivity index (χ1n) is 6.86. The van der Waals surface area contributed by atoms with Crippen LogP contribution in [-0.2, 0) is 21.2 Å². The summed E-state index contributed by atoms with van der Waals surface area (Å²) in [5.74, 6) is -0.333. The average Bonchev–Trinajstić information content (AvgIpc) is 2.88. The van der Waals surface area contributed by atoms with Crippen molar-refractivity contribution in [2.45, 2.75) is 18.2 Å². The number of carbonyl (C=O) groups is 1. The summed E-state index contributed by atoms with van der Waals surface area (Å²) in [4.78, 5) is 14.2. The number of hydrogen-bond acceptors (Lipinski definition) is 4. The molecule has 0 bridgehead atoms. The smallest absolute Gasteiger partial charge is 0.242 e. The van der Waals surface area contributed by atoms with Crippen LogP contribution in [0.15, 0.2) is 23.1 Å². The molecule has 124 valence electrons. The highest BCUT2D eigenvalue weighted by Gasteiger charge is 2.29. The van der Waals surface area contributed by atoms with Crippen LogP contribution in [0, 0.1) is 5.92 Å². The van der Waals surface area contributed by atoms with Gasteiger partial charge in [-0.15, -0.1) is 12.4 Å². The quantitative estimate of drug-likeness (QED) is 0.874. The standard InChI is InChI=1S/C14H21N3O3S.ClH/c1-10(9-15)14(18)17-7-6-11-4-5-12(8-13(11)17)21(19,20)16(2)3;/h4-5,8,10H,6-7,9,15H2,1-3H3;1H. The lowest BCUT2D eigenvalue weighted by Crippen LogP contribution is -2.36. The Morgan fingerprint density at radius 1 is 1.41 bits per heavy atom. The summed E-state index contributed by atoms with van der Waals surface area (Å²) in [6, 6.07) is 4.96. The second-order valence-electron chi connectivity index (χ2n) is 5.45. The molecular formula is C14H22ClN3O3S. The van der Waals surface area contributed by atoms with Crippen LogP contribution in [0.1, 0.15) is 12.5 Å².